The monoisotopic (exact) mass is 244 g/mol. The summed E-state index contributed by atoms with van der Waals surface area (Å²) in [6, 6.07) is 7.41. The van der Waals surface area contributed by atoms with Crippen LogP contribution >= 0.6 is 15.9 Å². The molecule has 0 bridgehead atoms. The van der Waals surface area contributed by atoms with Gasteiger partial charge < -0.3 is 0 Å². The standard InChI is InChI=1S/C10H10BrFO/c1-8-2-4-9(5-3-8)6-10(11,12)7-13/h2-5,7H,6H2,1H3. The summed E-state index contributed by atoms with van der Waals surface area (Å²) < 4.78 is 11.2. The van der Waals surface area contributed by atoms with E-state index in [1.54, 1.807) is 0 Å². The second-order valence-electron chi connectivity index (χ2n) is 3.04. The molecule has 3 heteroatoms. The molecule has 1 nitrogen and oxygen atoms in total. The molecule has 1 rings (SSSR count). The van der Waals surface area contributed by atoms with Crippen LogP contribution in [0.15, 0.2) is 24.3 Å². The van der Waals surface area contributed by atoms with E-state index in [-0.39, 0.29) is 12.7 Å². The summed E-state index contributed by atoms with van der Waals surface area (Å²) in [7, 11) is 0. The molecule has 1 atom stereocenters. The second-order valence-corrected chi connectivity index (χ2v) is 4.36. The van der Waals surface area contributed by atoms with Gasteiger partial charge in [0, 0.05) is 6.42 Å². The van der Waals surface area contributed by atoms with Crippen molar-refractivity contribution in [2.24, 2.45) is 0 Å². The van der Waals surface area contributed by atoms with Gasteiger partial charge in [0.1, 0.15) is 0 Å². The van der Waals surface area contributed by atoms with Crippen LogP contribution in [-0.2, 0) is 11.2 Å². The average Bonchev–Trinajstić information content (AvgIpc) is 2.09. The molecule has 1 aromatic carbocycles. The van der Waals surface area contributed by atoms with E-state index < -0.39 is 4.58 Å². The van der Waals surface area contributed by atoms with E-state index in [4.69, 9.17) is 0 Å². The van der Waals surface area contributed by atoms with Gasteiger partial charge in [0.15, 0.2) is 6.29 Å². The number of halogens is 2. The van der Waals surface area contributed by atoms with Crippen molar-refractivity contribution >= 4 is 22.2 Å². The molecule has 0 saturated carbocycles. The summed E-state index contributed by atoms with van der Waals surface area (Å²) in [5, 5.41) is 0. The molecule has 0 amide bonds. The Morgan fingerprint density at radius 1 is 1.46 bits per heavy atom. The van der Waals surface area contributed by atoms with E-state index in [0.717, 1.165) is 11.1 Å². The van der Waals surface area contributed by atoms with Crippen LogP contribution in [0.3, 0.4) is 0 Å². The van der Waals surface area contributed by atoms with E-state index in [9.17, 15) is 9.18 Å². The summed E-state index contributed by atoms with van der Waals surface area (Å²) in [6.45, 7) is 1.96. The molecule has 0 N–H and O–H groups in total. The van der Waals surface area contributed by atoms with Crippen LogP contribution in [0.2, 0.25) is 0 Å². The van der Waals surface area contributed by atoms with Gasteiger partial charge in [-0.15, -0.1) is 0 Å². The van der Waals surface area contributed by atoms with Crippen molar-refractivity contribution in [1.29, 1.82) is 0 Å². The molecule has 0 saturated heterocycles. The summed E-state index contributed by atoms with van der Waals surface area (Å²) in [6.07, 6.45) is 0.337. The average molecular weight is 245 g/mol. The van der Waals surface area contributed by atoms with Gasteiger partial charge in [-0.05, 0) is 28.4 Å². The number of hydrogen-bond donors (Lipinski definition) is 0. The first-order chi connectivity index (χ1) is 6.03. The zero-order chi connectivity index (χ0) is 9.90. The summed E-state index contributed by atoms with van der Waals surface area (Å²) in [5.74, 6) is 0. The first kappa shape index (κ1) is 10.4. The molecule has 0 aliphatic carbocycles. The van der Waals surface area contributed by atoms with Crippen LogP contribution in [-0.4, -0.2) is 10.9 Å². The Balaban J connectivity index is 2.75. The zero-order valence-electron chi connectivity index (χ0n) is 7.26. The molecule has 1 aromatic rings. The molecule has 0 spiro atoms. The van der Waals surface area contributed by atoms with Crippen molar-refractivity contribution in [2.45, 2.75) is 17.9 Å². The van der Waals surface area contributed by atoms with Crippen molar-refractivity contribution in [3.8, 4) is 0 Å². The fourth-order valence-electron chi connectivity index (χ4n) is 1.02. The first-order valence-electron chi connectivity index (χ1n) is 3.93. The number of rotatable bonds is 3. The van der Waals surface area contributed by atoms with E-state index in [0.29, 0.717) is 0 Å². The molecular weight excluding hydrogens is 235 g/mol. The fourth-order valence-corrected chi connectivity index (χ4v) is 1.34. The van der Waals surface area contributed by atoms with Gasteiger partial charge in [0.05, 0.1) is 0 Å². The minimum absolute atomic E-state index is 0.0662. The van der Waals surface area contributed by atoms with Crippen molar-refractivity contribution in [3.05, 3.63) is 35.4 Å². The molecule has 0 heterocycles. The molecule has 0 fully saturated rings. The maximum atomic E-state index is 13.2. The van der Waals surface area contributed by atoms with Crippen molar-refractivity contribution < 1.29 is 9.18 Å². The van der Waals surface area contributed by atoms with Crippen LogP contribution in [0, 0.1) is 6.92 Å². The zero-order valence-corrected chi connectivity index (χ0v) is 8.84. The Labute approximate surface area is 85.1 Å². The van der Waals surface area contributed by atoms with Gasteiger partial charge in [0.2, 0.25) is 4.58 Å². The number of alkyl halides is 2. The predicted octanol–water partition coefficient (Wildman–Crippen LogP) is 2.80. The van der Waals surface area contributed by atoms with Crippen LogP contribution in [0.25, 0.3) is 0 Å². The smallest absolute Gasteiger partial charge is 0.223 e. The largest absolute Gasteiger partial charge is 0.299 e. The Morgan fingerprint density at radius 2 is 2.00 bits per heavy atom. The van der Waals surface area contributed by atoms with Crippen molar-refractivity contribution in [1.82, 2.24) is 0 Å². The fraction of sp³-hybridized carbons (Fsp3) is 0.300. The summed E-state index contributed by atoms with van der Waals surface area (Å²) in [5.41, 5.74) is 1.92. The quantitative estimate of drug-likeness (QED) is 0.591. The lowest BCUT2D eigenvalue weighted by Crippen LogP contribution is -2.18. The van der Waals surface area contributed by atoms with Gasteiger partial charge in [-0.25, -0.2) is 4.39 Å². The minimum Gasteiger partial charge on any atom is -0.299 e. The van der Waals surface area contributed by atoms with Gasteiger partial charge in [-0.2, -0.15) is 0 Å². The lowest BCUT2D eigenvalue weighted by Gasteiger charge is -2.10. The minimum atomic E-state index is -1.93. The summed E-state index contributed by atoms with van der Waals surface area (Å²) in [4.78, 5) is 10.3. The van der Waals surface area contributed by atoms with Crippen LogP contribution < -0.4 is 0 Å². The second kappa shape index (κ2) is 4.01. The number of carbonyl (C=O) groups excluding carboxylic acids is 1. The van der Waals surface area contributed by atoms with Crippen LogP contribution in [0.4, 0.5) is 4.39 Å². The van der Waals surface area contributed by atoms with E-state index in [2.05, 4.69) is 15.9 Å². The molecule has 1 unspecified atom stereocenters. The van der Waals surface area contributed by atoms with Crippen LogP contribution in [0.1, 0.15) is 11.1 Å². The Hall–Kier alpha value is -0.700. The summed E-state index contributed by atoms with van der Waals surface area (Å²) >= 11 is 2.70. The van der Waals surface area contributed by atoms with Gasteiger partial charge in [0.25, 0.3) is 0 Å². The molecule has 0 radical (unpaired) electrons. The molecule has 0 aliphatic heterocycles. The molecule has 0 aromatic heterocycles. The predicted molar refractivity (Wildman–Crippen MR) is 53.7 cm³/mol. The third-order valence-electron chi connectivity index (χ3n) is 1.73. The van der Waals surface area contributed by atoms with Gasteiger partial charge >= 0.3 is 0 Å². The van der Waals surface area contributed by atoms with E-state index >= 15 is 0 Å². The Bertz CT molecular complexity index is 292. The van der Waals surface area contributed by atoms with Crippen molar-refractivity contribution in [3.63, 3.8) is 0 Å². The highest BCUT2D eigenvalue weighted by molar-refractivity contribution is 9.10. The highest BCUT2D eigenvalue weighted by Crippen LogP contribution is 2.22. The Morgan fingerprint density at radius 3 is 2.46 bits per heavy atom. The number of aryl methyl sites for hydroxylation is 1. The third kappa shape index (κ3) is 3.27. The highest BCUT2D eigenvalue weighted by Gasteiger charge is 2.24. The maximum absolute atomic E-state index is 13.2. The van der Waals surface area contributed by atoms with Gasteiger partial charge in [-0.1, -0.05) is 29.8 Å². The van der Waals surface area contributed by atoms with E-state index in [1.165, 1.54) is 0 Å². The molecule has 13 heavy (non-hydrogen) atoms. The first-order valence-corrected chi connectivity index (χ1v) is 4.72. The normalized spacial score (nSPS) is 15.0. The number of carbonyl (C=O) groups is 1. The number of hydrogen-bond acceptors (Lipinski definition) is 1. The lowest BCUT2D eigenvalue weighted by molar-refractivity contribution is -0.113. The maximum Gasteiger partial charge on any atom is 0.223 e. The van der Waals surface area contributed by atoms with E-state index in [1.807, 2.05) is 31.2 Å². The lowest BCUT2D eigenvalue weighted by atomic mass is 10.1. The third-order valence-corrected chi connectivity index (χ3v) is 2.20. The highest BCUT2D eigenvalue weighted by atomic mass is 79.9. The van der Waals surface area contributed by atoms with Crippen LogP contribution in [0.5, 0.6) is 0 Å². The molecular formula is C10H10BrFO. The topological polar surface area (TPSA) is 17.1 Å². The molecule has 70 valence electrons. The van der Waals surface area contributed by atoms with Crippen molar-refractivity contribution in [2.75, 3.05) is 0 Å². The number of benzene rings is 1. The molecule has 0 aliphatic rings. The SMILES string of the molecule is Cc1ccc(CC(F)(Br)C=O)cc1. The Kier molecular flexibility index (Phi) is 3.20. The van der Waals surface area contributed by atoms with Gasteiger partial charge in [-0.3, -0.25) is 4.79 Å². The number of aldehydes is 1.